The molecule has 1 aromatic carbocycles. The van der Waals surface area contributed by atoms with Crippen molar-refractivity contribution in [3.05, 3.63) is 42.4 Å². The van der Waals surface area contributed by atoms with E-state index < -0.39 is 5.60 Å². The van der Waals surface area contributed by atoms with Gasteiger partial charge in [0.1, 0.15) is 5.82 Å². The minimum atomic E-state index is -0.595. The second-order valence-corrected chi connectivity index (χ2v) is 6.80. The molecular weight excluding hydrogens is 441 g/mol. The van der Waals surface area contributed by atoms with Crippen molar-refractivity contribution in [2.75, 3.05) is 20.6 Å². The predicted molar refractivity (Wildman–Crippen MR) is 116 cm³/mol. The number of halogens is 1. The number of hydrogen-bond donors (Lipinski definition) is 3. The van der Waals surface area contributed by atoms with Crippen molar-refractivity contribution in [1.29, 1.82) is 0 Å². The fourth-order valence-corrected chi connectivity index (χ4v) is 3.34. The first-order chi connectivity index (χ1) is 12.1. The zero-order chi connectivity index (χ0) is 17.7. The minimum absolute atomic E-state index is 0. The van der Waals surface area contributed by atoms with Gasteiger partial charge in [-0.05, 0) is 18.4 Å². The summed E-state index contributed by atoms with van der Waals surface area (Å²) in [5, 5.41) is 13.8. The zero-order valence-corrected chi connectivity index (χ0v) is 17.7. The largest absolute Gasteiger partial charge is 0.388 e. The number of aromatic nitrogens is 2. The average Bonchev–Trinajstić information content (AvgIpc) is 3.26. The third-order valence-corrected chi connectivity index (χ3v) is 4.78. The van der Waals surface area contributed by atoms with Crippen molar-refractivity contribution in [2.24, 2.45) is 4.99 Å². The van der Waals surface area contributed by atoms with E-state index in [2.05, 4.69) is 32.4 Å². The highest BCUT2D eigenvalue weighted by atomic mass is 127. The number of guanidine groups is 1. The highest BCUT2D eigenvalue weighted by Crippen LogP contribution is 2.28. The standard InChI is InChI=1S/C19H27N5O.HI/c1-20-18(22-14-19(25)10-6-7-11-19)24(2)13-17-21-12-16(23-17)15-8-4-3-5-9-15;/h3-5,8-9,12,25H,6-7,10-11,13-14H2,1-2H3,(H,20,22)(H,21,23);1H. The van der Waals surface area contributed by atoms with E-state index in [4.69, 9.17) is 0 Å². The fourth-order valence-electron chi connectivity index (χ4n) is 3.34. The maximum Gasteiger partial charge on any atom is 0.193 e. The van der Waals surface area contributed by atoms with Gasteiger partial charge in [-0.15, -0.1) is 24.0 Å². The van der Waals surface area contributed by atoms with Crippen molar-refractivity contribution in [3.8, 4) is 11.3 Å². The van der Waals surface area contributed by atoms with Gasteiger partial charge in [0.25, 0.3) is 0 Å². The molecule has 1 aliphatic carbocycles. The summed E-state index contributed by atoms with van der Waals surface area (Å²) in [6.45, 7) is 1.16. The molecule has 1 heterocycles. The molecule has 3 rings (SSSR count). The first-order valence-electron chi connectivity index (χ1n) is 8.83. The van der Waals surface area contributed by atoms with Crippen LogP contribution in [0.5, 0.6) is 0 Å². The van der Waals surface area contributed by atoms with Crippen molar-refractivity contribution in [1.82, 2.24) is 20.2 Å². The van der Waals surface area contributed by atoms with Crippen molar-refractivity contribution < 1.29 is 5.11 Å². The van der Waals surface area contributed by atoms with Gasteiger partial charge in [0.15, 0.2) is 5.96 Å². The van der Waals surface area contributed by atoms with Gasteiger partial charge in [0, 0.05) is 20.6 Å². The third-order valence-electron chi connectivity index (χ3n) is 4.78. The number of aromatic amines is 1. The number of nitrogens with zero attached hydrogens (tertiary/aromatic N) is 3. The van der Waals surface area contributed by atoms with Crippen molar-refractivity contribution in [2.45, 2.75) is 37.8 Å². The molecule has 1 fully saturated rings. The normalized spacial score (nSPS) is 16.2. The van der Waals surface area contributed by atoms with Gasteiger partial charge < -0.3 is 20.3 Å². The lowest BCUT2D eigenvalue weighted by molar-refractivity contribution is 0.0516. The first kappa shape index (κ1) is 20.7. The number of H-pyrrole nitrogens is 1. The van der Waals surface area contributed by atoms with Crippen LogP contribution in [0.15, 0.2) is 41.5 Å². The molecule has 1 saturated carbocycles. The Kier molecular flexibility index (Phi) is 7.45. The van der Waals surface area contributed by atoms with Crippen LogP contribution >= 0.6 is 24.0 Å². The lowest BCUT2D eigenvalue weighted by Gasteiger charge is -2.27. The van der Waals surface area contributed by atoms with Crippen LogP contribution in [-0.2, 0) is 6.54 Å². The molecule has 26 heavy (non-hydrogen) atoms. The molecule has 7 heteroatoms. The lowest BCUT2D eigenvalue weighted by Crippen LogP contribution is -2.46. The molecule has 1 aromatic heterocycles. The molecule has 0 amide bonds. The maximum atomic E-state index is 10.5. The smallest absolute Gasteiger partial charge is 0.193 e. The van der Waals surface area contributed by atoms with E-state index in [-0.39, 0.29) is 24.0 Å². The second-order valence-electron chi connectivity index (χ2n) is 6.80. The van der Waals surface area contributed by atoms with Crippen LogP contribution in [0.1, 0.15) is 31.5 Å². The van der Waals surface area contributed by atoms with Gasteiger partial charge in [0.05, 0.1) is 24.0 Å². The number of benzene rings is 1. The Labute approximate surface area is 172 Å². The van der Waals surface area contributed by atoms with Crippen LogP contribution in [0.3, 0.4) is 0 Å². The van der Waals surface area contributed by atoms with E-state index in [0.29, 0.717) is 13.1 Å². The Hall–Kier alpha value is -1.61. The molecule has 0 atom stereocenters. The third kappa shape index (κ3) is 5.20. The summed E-state index contributed by atoms with van der Waals surface area (Å²) in [5.41, 5.74) is 1.53. The highest BCUT2D eigenvalue weighted by molar-refractivity contribution is 14.0. The van der Waals surface area contributed by atoms with Gasteiger partial charge in [-0.3, -0.25) is 4.99 Å². The van der Waals surface area contributed by atoms with Crippen molar-refractivity contribution >= 4 is 29.9 Å². The van der Waals surface area contributed by atoms with Gasteiger partial charge in [-0.25, -0.2) is 4.98 Å². The summed E-state index contributed by atoms with van der Waals surface area (Å²) in [6.07, 6.45) is 5.77. The molecule has 6 nitrogen and oxygen atoms in total. The second kappa shape index (κ2) is 9.36. The molecule has 1 aliphatic rings. The number of aliphatic imine (C=N–C) groups is 1. The quantitative estimate of drug-likeness (QED) is 0.358. The van der Waals surface area contributed by atoms with Gasteiger partial charge in [-0.1, -0.05) is 43.2 Å². The summed E-state index contributed by atoms with van der Waals surface area (Å²) in [7, 11) is 3.73. The molecule has 0 saturated heterocycles. The fraction of sp³-hybridized carbons (Fsp3) is 0.474. The van der Waals surface area contributed by atoms with Gasteiger partial charge in [-0.2, -0.15) is 0 Å². The SMILES string of the molecule is CN=C(NCC1(O)CCCC1)N(C)Cc1ncc(-c2ccccc2)[nH]1.I. The molecule has 0 radical (unpaired) electrons. The van der Waals surface area contributed by atoms with E-state index >= 15 is 0 Å². The molecule has 0 spiro atoms. The number of rotatable bonds is 5. The number of imidazole rings is 1. The van der Waals surface area contributed by atoms with Crippen LogP contribution in [0.4, 0.5) is 0 Å². The highest BCUT2D eigenvalue weighted by Gasteiger charge is 2.31. The summed E-state index contributed by atoms with van der Waals surface area (Å²) < 4.78 is 0. The molecule has 0 aliphatic heterocycles. The van der Waals surface area contributed by atoms with Crippen LogP contribution in [0.25, 0.3) is 11.3 Å². The minimum Gasteiger partial charge on any atom is -0.388 e. The van der Waals surface area contributed by atoms with E-state index in [0.717, 1.165) is 48.7 Å². The summed E-state index contributed by atoms with van der Waals surface area (Å²) in [4.78, 5) is 14.2. The van der Waals surface area contributed by atoms with E-state index in [1.807, 2.05) is 36.3 Å². The number of hydrogen-bond acceptors (Lipinski definition) is 3. The van der Waals surface area contributed by atoms with Gasteiger partial charge >= 0.3 is 0 Å². The summed E-state index contributed by atoms with van der Waals surface area (Å²) in [6, 6.07) is 10.2. The summed E-state index contributed by atoms with van der Waals surface area (Å²) in [5.74, 6) is 1.64. The Morgan fingerprint density at radius 2 is 2.00 bits per heavy atom. The molecule has 3 N–H and O–H groups in total. The van der Waals surface area contributed by atoms with Crippen LogP contribution in [-0.4, -0.2) is 52.2 Å². The van der Waals surface area contributed by atoms with Crippen molar-refractivity contribution in [3.63, 3.8) is 0 Å². The van der Waals surface area contributed by atoms with E-state index in [1.165, 1.54) is 0 Å². The number of aliphatic hydroxyl groups is 1. The Morgan fingerprint density at radius 1 is 1.31 bits per heavy atom. The predicted octanol–water partition coefficient (Wildman–Crippen LogP) is 3.01. The van der Waals surface area contributed by atoms with Crippen LogP contribution < -0.4 is 5.32 Å². The maximum absolute atomic E-state index is 10.5. The van der Waals surface area contributed by atoms with Gasteiger partial charge in [0.2, 0.25) is 0 Å². The zero-order valence-electron chi connectivity index (χ0n) is 15.4. The molecule has 0 unspecified atom stereocenters. The summed E-state index contributed by atoms with van der Waals surface area (Å²) >= 11 is 0. The molecule has 0 bridgehead atoms. The molecule has 142 valence electrons. The topological polar surface area (TPSA) is 76.5 Å². The van der Waals surface area contributed by atoms with Crippen LogP contribution in [0.2, 0.25) is 0 Å². The Balaban J connectivity index is 0.00000243. The van der Waals surface area contributed by atoms with E-state index in [9.17, 15) is 5.11 Å². The Bertz CT molecular complexity index is 710. The van der Waals surface area contributed by atoms with Crippen LogP contribution in [0, 0.1) is 0 Å². The van der Waals surface area contributed by atoms with E-state index in [1.54, 1.807) is 7.05 Å². The monoisotopic (exact) mass is 469 g/mol. The first-order valence-corrected chi connectivity index (χ1v) is 8.83. The Morgan fingerprint density at radius 3 is 2.65 bits per heavy atom. The molecular formula is C19H28IN5O. The molecule has 2 aromatic rings. The average molecular weight is 469 g/mol. The lowest BCUT2D eigenvalue weighted by atomic mass is 10.0. The number of nitrogens with one attached hydrogen (secondary N) is 2.